The molecule has 0 aliphatic rings. The van der Waals surface area contributed by atoms with Crippen molar-refractivity contribution in [1.29, 1.82) is 0 Å². The minimum absolute atomic E-state index is 0.131. The van der Waals surface area contributed by atoms with Crippen LogP contribution in [-0.4, -0.2) is 31.9 Å². The zero-order valence-corrected chi connectivity index (χ0v) is 10.5. The van der Waals surface area contributed by atoms with Crippen LogP contribution in [-0.2, 0) is 6.42 Å². The number of carbonyl (C=O) groups is 1. The van der Waals surface area contributed by atoms with Gasteiger partial charge >= 0.3 is 12.1 Å². The maximum atomic E-state index is 12.4. The third-order valence-corrected chi connectivity index (χ3v) is 2.85. The van der Waals surface area contributed by atoms with Gasteiger partial charge in [-0.05, 0) is 13.8 Å². The van der Waals surface area contributed by atoms with Gasteiger partial charge in [0.15, 0.2) is 5.65 Å². The van der Waals surface area contributed by atoms with E-state index in [4.69, 9.17) is 5.11 Å². The number of nitrogens with zero attached hydrogens (tertiary/aromatic N) is 2. The van der Waals surface area contributed by atoms with Crippen LogP contribution in [0.2, 0.25) is 0 Å². The van der Waals surface area contributed by atoms with E-state index in [1.165, 1.54) is 13.8 Å². The molecule has 0 aromatic carbocycles. The quantitative estimate of drug-likeness (QED) is 0.875. The summed E-state index contributed by atoms with van der Waals surface area (Å²) in [7, 11) is 0. The number of hydrogen-bond donors (Lipinski definition) is 2. The van der Waals surface area contributed by atoms with Gasteiger partial charge in [-0.3, -0.25) is 9.89 Å². The Morgan fingerprint density at radius 3 is 2.50 bits per heavy atom. The van der Waals surface area contributed by atoms with E-state index < -0.39 is 29.7 Å². The molecule has 0 aliphatic heterocycles. The molecule has 0 saturated heterocycles. The van der Waals surface area contributed by atoms with Crippen LogP contribution < -0.4 is 5.56 Å². The van der Waals surface area contributed by atoms with E-state index in [0.29, 0.717) is 0 Å². The van der Waals surface area contributed by atoms with Crippen molar-refractivity contribution in [3.63, 3.8) is 0 Å². The van der Waals surface area contributed by atoms with Gasteiger partial charge in [0.05, 0.1) is 6.42 Å². The molecule has 2 aromatic heterocycles. The maximum absolute atomic E-state index is 12.4. The first-order valence-corrected chi connectivity index (χ1v) is 5.52. The lowest BCUT2D eigenvalue weighted by molar-refractivity contribution is -0.127. The lowest BCUT2D eigenvalue weighted by Crippen LogP contribution is -2.26. The summed E-state index contributed by atoms with van der Waals surface area (Å²) < 4.78 is 38.0. The van der Waals surface area contributed by atoms with Crippen molar-refractivity contribution in [3.8, 4) is 0 Å². The summed E-state index contributed by atoms with van der Waals surface area (Å²) in [5.41, 5.74) is -1.86. The minimum atomic E-state index is -4.54. The lowest BCUT2D eigenvalue weighted by atomic mass is 10.1. The van der Waals surface area contributed by atoms with Gasteiger partial charge in [-0.1, -0.05) is 0 Å². The number of fused-ring (bicyclic) bond motifs is 1. The van der Waals surface area contributed by atoms with Crippen molar-refractivity contribution < 1.29 is 23.1 Å². The number of hydrogen-bond acceptors (Lipinski definition) is 3. The van der Waals surface area contributed by atoms with Gasteiger partial charge in [0.2, 0.25) is 0 Å². The Labute approximate surface area is 109 Å². The number of nitrogens with one attached hydrogen (secondary N) is 1. The molecule has 20 heavy (non-hydrogen) atoms. The standard InChI is InChI=1S/C11H10F3N3O3/c1-4-6(3-11(12,13)14)9(18)17-8(15-4)7(10(19)20)5(2)16-17/h16H,3H2,1-2H3,(H,19,20). The number of rotatable bonds is 2. The average Bonchev–Trinajstić information content (AvgIpc) is 2.60. The SMILES string of the molecule is Cc1nc2c(C(=O)O)c(C)[nH]n2c(=O)c1CC(F)(F)F. The van der Waals surface area contributed by atoms with Crippen molar-refractivity contribution in [2.24, 2.45) is 0 Å². The highest BCUT2D eigenvalue weighted by atomic mass is 19.4. The maximum Gasteiger partial charge on any atom is 0.393 e. The molecule has 0 amide bonds. The molecule has 0 saturated carbocycles. The second-order valence-electron chi connectivity index (χ2n) is 4.35. The molecule has 0 spiro atoms. The summed E-state index contributed by atoms with van der Waals surface area (Å²) in [4.78, 5) is 26.9. The van der Waals surface area contributed by atoms with Crippen molar-refractivity contribution in [2.75, 3.05) is 0 Å². The van der Waals surface area contributed by atoms with Crippen LogP contribution in [0.25, 0.3) is 5.65 Å². The van der Waals surface area contributed by atoms with Crippen LogP contribution in [0.4, 0.5) is 13.2 Å². The monoisotopic (exact) mass is 289 g/mol. The summed E-state index contributed by atoms with van der Waals surface area (Å²) in [6.07, 6.45) is -5.95. The predicted octanol–water partition coefficient (Wildman–Crippen LogP) is 1.44. The van der Waals surface area contributed by atoms with Gasteiger partial charge in [0.1, 0.15) is 5.56 Å². The number of aryl methyl sites for hydroxylation is 2. The highest BCUT2D eigenvalue weighted by molar-refractivity contribution is 5.95. The van der Waals surface area contributed by atoms with Crippen LogP contribution in [0.3, 0.4) is 0 Å². The number of aromatic carboxylic acids is 1. The summed E-state index contributed by atoms with van der Waals surface area (Å²) in [5, 5.41) is 11.5. The third kappa shape index (κ3) is 2.26. The van der Waals surface area contributed by atoms with E-state index in [0.717, 1.165) is 4.52 Å². The van der Waals surface area contributed by atoms with Crippen LogP contribution in [0, 0.1) is 13.8 Å². The zero-order chi connectivity index (χ0) is 15.2. The Balaban J connectivity index is 2.79. The van der Waals surface area contributed by atoms with Crippen molar-refractivity contribution in [2.45, 2.75) is 26.4 Å². The van der Waals surface area contributed by atoms with Gasteiger partial charge in [0.25, 0.3) is 5.56 Å². The second-order valence-corrected chi connectivity index (χ2v) is 4.35. The fourth-order valence-corrected chi connectivity index (χ4v) is 1.98. The predicted molar refractivity (Wildman–Crippen MR) is 62.0 cm³/mol. The zero-order valence-electron chi connectivity index (χ0n) is 10.5. The number of H-pyrrole nitrogens is 1. The first-order valence-electron chi connectivity index (χ1n) is 5.52. The topological polar surface area (TPSA) is 87.5 Å². The van der Waals surface area contributed by atoms with Gasteiger partial charge in [-0.2, -0.15) is 13.2 Å². The molecule has 0 radical (unpaired) electrons. The fourth-order valence-electron chi connectivity index (χ4n) is 1.98. The van der Waals surface area contributed by atoms with Crippen molar-refractivity contribution in [1.82, 2.24) is 14.6 Å². The smallest absolute Gasteiger partial charge is 0.393 e. The molecule has 2 rings (SSSR count). The fraction of sp³-hybridized carbons (Fsp3) is 0.364. The molecule has 2 aromatic rings. The normalized spacial score (nSPS) is 12.1. The molecule has 0 fully saturated rings. The molecule has 0 aliphatic carbocycles. The molecular weight excluding hydrogens is 279 g/mol. The Bertz CT molecular complexity index is 758. The van der Waals surface area contributed by atoms with E-state index in [1.807, 2.05) is 0 Å². The largest absolute Gasteiger partial charge is 0.477 e. The number of carboxylic acids is 1. The van der Waals surface area contributed by atoms with E-state index in [1.54, 1.807) is 0 Å². The molecule has 0 unspecified atom stereocenters. The molecular formula is C11H10F3N3O3. The Morgan fingerprint density at radius 2 is 2.00 bits per heavy atom. The number of carboxylic acid groups (broad SMARTS) is 1. The molecule has 108 valence electrons. The number of aromatic amines is 1. The highest BCUT2D eigenvalue weighted by Crippen LogP contribution is 2.21. The van der Waals surface area contributed by atoms with Crippen LogP contribution in [0.15, 0.2) is 4.79 Å². The number of aromatic nitrogens is 3. The minimum Gasteiger partial charge on any atom is -0.477 e. The molecule has 6 nitrogen and oxygen atoms in total. The second kappa shape index (κ2) is 4.36. The number of alkyl halides is 3. The molecule has 0 bridgehead atoms. The molecule has 2 N–H and O–H groups in total. The average molecular weight is 289 g/mol. The van der Waals surface area contributed by atoms with Gasteiger partial charge < -0.3 is 5.11 Å². The highest BCUT2D eigenvalue weighted by Gasteiger charge is 2.31. The molecule has 2 heterocycles. The lowest BCUT2D eigenvalue weighted by Gasteiger charge is -2.08. The van der Waals surface area contributed by atoms with Gasteiger partial charge in [-0.15, -0.1) is 0 Å². The summed E-state index contributed by atoms with van der Waals surface area (Å²) in [5.74, 6) is -1.31. The van der Waals surface area contributed by atoms with E-state index >= 15 is 0 Å². The summed E-state index contributed by atoms with van der Waals surface area (Å²) in [6.45, 7) is 2.65. The van der Waals surface area contributed by atoms with Crippen LogP contribution >= 0.6 is 0 Å². The van der Waals surface area contributed by atoms with Crippen molar-refractivity contribution >= 4 is 11.6 Å². The third-order valence-electron chi connectivity index (χ3n) is 2.85. The first-order chi connectivity index (χ1) is 9.11. The number of halogens is 3. The van der Waals surface area contributed by atoms with E-state index in [-0.39, 0.29) is 22.6 Å². The van der Waals surface area contributed by atoms with E-state index in [2.05, 4.69) is 10.1 Å². The first kappa shape index (κ1) is 14.1. The summed E-state index contributed by atoms with van der Waals surface area (Å²) in [6, 6.07) is 0. The Morgan fingerprint density at radius 1 is 1.40 bits per heavy atom. The van der Waals surface area contributed by atoms with E-state index in [9.17, 15) is 22.8 Å². The molecule has 0 atom stereocenters. The van der Waals surface area contributed by atoms with Gasteiger partial charge in [0, 0.05) is 17.0 Å². The van der Waals surface area contributed by atoms with Crippen LogP contribution in [0.5, 0.6) is 0 Å². The van der Waals surface area contributed by atoms with Gasteiger partial charge in [-0.25, -0.2) is 14.3 Å². The summed E-state index contributed by atoms with van der Waals surface area (Å²) >= 11 is 0. The van der Waals surface area contributed by atoms with Crippen molar-refractivity contribution in [3.05, 3.63) is 32.9 Å². The Kier molecular flexibility index (Phi) is 3.07. The Hall–Kier alpha value is -2.32. The van der Waals surface area contributed by atoms with Crippen LogP contribution in [0.1, 0.15) is 27.3 Å². The molecule has 9 heteroatoms.